The van der Waals surface area contributed by atoms with Gasteiger partial charge in [-0.1, -0.05) is 90.4 Å². The van der Waals surface area contributed by atoms with Gasteiger partial charge in [0.25, 0.3) is 0 Å². The van der Waals surface area contributed by atoms with E-state index in [1.165, 1.54) is 109 Å². The average molecular weight is 282 g/mol. The highest BCUT2D eigenvalue weighted by atomic mass is 14.9. The first-order valence-electron chi connectivity index (χ1n) is 9.67. The molecule has 20 heavy (non-hydrogen) atoms. The van der Waals surface area contributed by atoms with E-state index in [1.54, 1.807) is 0 Å². The van der Waals surface area contributed by atoms with Gasteiger partial charge in [-0.15, -0.1) is 0 Å². The lowest BCUT2D eigenvalue weighted by molar-refractivity contribution is 0.369. The van der Waals surface area contributed by atoms with E-state index >= 15 is 0 Å². The van der Waals surface area contributed by atoms with Gasteiger partial charge in [-0.25, -0.2) is 0 Å². The largest absolute Gasteiger partial charge is 0.314 e. The van der Waals surface area contributed by atoms with Gasteiger partial charge in [0, 0.05) is 6.04 Å². The smallest absolute Gasteiger partial charge is 0.00670 e. The van der Waals surface area contributed by atoms with Gasteiger partial charge < -0.3 is 5.32 Å². The lowest BCUT2D eigenvalue weighted by Gasteiger charge is -2.22. The highest BCUT2D eigenvalue weighted by molar-refractivity contribution is 4.71. The first-order chi connectivity index (χ1) is 9.93. The molecule has 0 amide bonds. The lowest BCUT2D eigenvalue weighted by atomic mass is 9.95. The van der Waals surface area contributed by atoms with Crippen LogP contribution in [0.4, 0.5) is 0 Å². The van der Waals surface area contributed by atoms with Crippen molar-refractivity contribution in [2.45, 2.75) is 116 Å². The summed E-state index contributed by atoms with van der Waals surface area (Å²) in [6, 6.07) is 0.854. The van der Waals surface area contributed by atoms with Crippen LogP contribution in [0, 0.1) is 0 Å². The molecule has 120 valence electrons. The fourth-order valence-corrected chi connectivity index (χ4v) is 3.40. The fourth-order valence-electron chi connectivity index (χ4n) is 3.40. The minimum Gasteiger partial charge on any atom is -0.314 e. The normalized spacial score (nSPS) is 16.6. The molecule has 0 radical (unpaired) electrons. The summed E-state index contributed by atoms with van der Waals surface area (Å²) in [5.41, 5.74) is 0. The Bertz CT molecular complexity index is 184. The fraction of sp³-hybridized carbons (Fsp3) is 1.00. The molecule has 0 heterocycles. The average Bonchev–Trinajstić information content (AvgIpc) is 2.49. The summed E-state index contributed by atoms with van der Waals surface area (Å²) in [6.45, 7) is 3.56. The van der Waals surface area contributed by atoms with Crippen molar-refractivity contribution in [2.24, 2.45) is 0 Å². The maximum absolute atomic E-state index is 3.75. The summed E-state index contributed by atoms with van der Waals surface area (Å²) in [5, 5.41) is 3.75. The Morgan fingerprint density at radius 2 is 1.15 bits per heavy atom. The first-order valence-corrected chi connectivity index (χ1v) is 9.67. The van der Waals surface area contributed by atoms with Crippen LogP contribution in [0.3, 0.4) is 0 Å². The molecule has 0 spiro atoms. The standard InChI is InChI=1S/C19H39N/c1-2-3-4-5-6-7-8-9-10-11-15-18-20-19-16-13-12-14-17-19/h19-20H,2-18H2,1H3. The molecule has 1 aliphatic rings. The van der Waals surface area contributed by atoms with Crippen LogP contribution in [-0.4, -0.2) is 12.6 Å². The SMILES string of the molecule is CCCCCCCCCCCCCNC1CCCCC1. The second kappa shape index (κ2) is 13.9. The third-order valence-electron chi connectivity index (χ3n) is 4.82. The Morgan fingerprint density at radius 3 is 1.70 bits per heavy atom. The Balaban J connectivity index is 1.70. The Hall–Kier alpha value is -0.0400. The zero-order chi connectivity index (χ0) is 14.3. The molecule has 1 heteroatoms. The summed E-state index contributed by atoms with van der Waals surface area (Å²) in [7, 11) is 0. The van der Waals surface area contributed by atoms with Gasteiger partial charge in [0.2, 0.25) is 0 Å². The Labute approximate surface area is 128 Å². The van der Waals surface area contributed by atoms with Crippen LogP contribution in [0.2, 0.25) is 0 Å². The van der Waals surface area contributed by atoms with Crippen molar-refractivity contribution in [1.82, 2.24) is 5.32 Å². The number of hydrogen-bond donors (Lipinski definition) is 1. The molecule has 1 aliphatic carbocycles. The van der Waals surface area contributed by atoms with Gasteiger partial charge in [0.05, 0.1) is 0 Å². The van der Waals surface area contributed by atoms with Crippen molar-refractivity contribution in [3.63, 3.8) is 0 Å². The van der Waals surface area contributed by atoms with E-state index in [1.807, 2.05) is 0 Å². The number of nitrogens with one attached hydrogen (secondary N) is 1. The minimum absolute atomic E-state index is 0.854. The second-order valence-corrected chi connectivity index (χ2v) is 6.82. The van der Waals surface area contributed by atoms with E-state index in [2.05, 4.69) is 12.2 Å². The van der Waals surface area contributed by atoms with Crippen LogP contribution in [0.25, 0.3) is 0 Å². The van der Waals surface area contributed by atoms with E-state index in [0.29, 0.717) is 0 Å². The molecule has 1 fully saturated rings. The van der Waals surface area contributed by atoms with Crippen molar-refractivity contribution in [1.29, 1.82) is 0 Å². The van der Waals surface area contributed by atoms with E-state index in [-0.39, 0.29) is 0 Å². The molecular formula is C19H39N. The Morgan fingerprint density at radius 1 is 0.650 bits per heavy atom. The van der Waals surface area contributed by atoms with E-state index in [4.69, 9.17) is 0 Å². The molecule has 1 N–H and O–H groups in total. The monoisotopic (exact) mass is 281 g/mol. The van der Waals surface area contributed by atoms with Gasteiger partial charge in [-0.3, -0.25) is 0 Å². The molecule has 1 rings (SSSR count). The Kier molecular flexibility index (Phi) is 12.5. The quantitative estimate of drug-likeness (QED) is 0.395. The van der Waals surface area contributed by atoms with Gasteiger partial charge in [-0.05, 0) is 25.8 Å². The summed E-state index contributed by atoms with van der Waals surface area (Å²) >= 11 is 0. The van der Waals surface area contributed by atoms with Crippen molar-refractivity contribution in [3.8, 4) is 0 Å². The third kappa shape index (κ3) is 10.7. The zero-order valence-corrected chi connectivity index (χ0v) is 14.1. The first kappa shape index (κ1) is 18.0. The number of rotatable bonds is 13. The van der Waals surface area contributed by atoms with Crippen LogP contribution in [0.1, 0.15) is 110 Å². The van der Waals surface area contributed by atoms with Crippen molar-refractivity contribution in [2.75, 3.05) is 6.54 Å². The summed E-state index contributed by atoms with van der Waals surface area (Å²) in [4.78, 5) is 0. The maximum atomic E-state index is 3.75. The number of unbranched alkanes of at least 4 members (excludes halogenated alkanes) is 10. The van der Waals surface area contributed by atoms with Gasteiger partial charge in [-0.2, -0.15) is 0 Å². The van der Waals surface area contributed by atoms with E-state index < -0.39 is 0 Å². The second-order valence-electron chi connectivity index (χ2n) is 6.82. The molecule has 0 aromatic heterocycles. The van der Waals surface area contributed by atoms with Crippen LogP contribution in [-0.2, 0) is 0 Å². The molecular weight excluding hydrogens is 242 g/mol. The molecule has 0 aromatic rings. The van der Waals surface area contributed by atoms with Crippen LogP contribution in [0.15, 0.2) is 0 Å². The molecule has 0 atom stereocenters. The maximum Gasteiger partial charge on any atom is 0.00670 e. The molecule has 0 aliphatic heterocycles. The predicted octanol–water partition coefficient (Wildman–Crippen LogP) is 6.22. The highest BCUT2D eigenvalue weighted by Crippen LogP contribution is 2.17. The van der Waals surface area contributed by atoms with Crippen molar-refractivity contribution in [3.05, 3.63) is 0 Å². The third-order valence-corrected chi connectivity index (χ3v) is 4.82. The summed E-state index contributed by atoms with van der Waals surface area (Å²) in [5.74, 6) is 0. The van der Waals surface area contributed by atoms with Crippen molar-refractivity contribution >= 4 is 0 Å². The van der Waals surface area contributed by atoms with Gasteiger partial charge in [0.15, 0.2) is 0 Å². The van der Waals surface area contributed by atoms with Gasteiger partial charge >= 0.3 is 0 Å². The molecule has 0 bridgehead atoms. The molecule has 0 saturated heterocycles. The molecule has 0 unspecified atom stereocenters. The van der Waals surface area contributed by atoms with Crippen LogP contribution >= 0.6 is 0 Å². The van der Waals surface area contributed by atoms with Crippen LogP contribution in [0.5, 0.6) is 0 Å². The highest BCUT2D eigenvalue weighted by Gasteiger charge is 2.11. The summed E-state index contributed by atoms with van der Waals surface area (Å²) in [6.07, 6.45) is 23.2. The minimum atomic E-state index is 0.854. The number of hydrogen-bond acceptors (Lipinski definition) is 1. The van der Waals surface area contributed by atoms with E-state index in [0.717, 1.165) is 6.04 Å². The van der Waals surface area contributed by atoms with Gasteiger partial charge in [0.1, 0.15) is 0 Å². The summed E-state index contributed by atoms with van der Waals surface area (Å²) < 4.78 is 0. The zero-order valence-electron chi connectivity index (χ0n) is 14.1. The van der Waals surface area contributed by atoms with Crippen molar-refractivity contribution < 1.29 is 0 Å². The van der Waals surface area contributed by atoms with Crippen LogP contribution < -0.4 is 5.32 Å². The molecule has 1 saturated carbocycles. The van der Waals surface area contributed by atoms with E-state index in [9.17, 15) is 0 Å². The molecule has 1 nitrogen and oxygen atoms in total. The lowest BCUT2D eigenvalue weighted by Crippen LogP contribution is -2.31. The topological polar surface area (TPSA) is 12.0 Å². The predicted molar refractivity (Wildman–Crippen MR) is 91.3 cm³/mol. The molecule has 0 aromatic carbocycles.